The van der Waals surface area contributed by atoms with E-state index < -0.39 is 0 Å². The van der Waals surface area contributed by atoms with E-state index in [1.165, 1.54) is 51.4 Å². The van der Waals surface area contributed by atoms with E-state index in [4.69, 9.17) is 0 Å². The van der Waals surface area contributed by atoms with Gasteiger partial charge in [0.05, 0.1) is 0 Å². The van der Waals surface area contributed by atoms with E-state index in [1.807, 2.05) is 6.08 Å². The smallest absolute Gasteiger partial charge is 0.00670 e. The van der Waals surface area contributed by atoms with Crippen LogP contribution in [-0.2, 0) is 0 Å². The Kier molecular flexibility index (Phi) is 12.5. The topological polar surface area (TPSA) is 12.0 Å². The van der Waals surface area contributed by atoms with Gasteiger partial charge in [-0.25, -0.2) is 0 Å². The normalized spacial score (nSPS) is 12.6. The Morgan fingerprint density at radius 2 is 1.69 bits per heavy atom. The van der Waals surface area contributed by atoms with Crippen LogP contribution in [0.15, 0.2) is 12.7 Å². The number of nitrogens with one attached hydrogen (secondary N) is 1. The van der Waals surface area contributed by atoms with E-state index in [0.29, 0.717) is 0 Å². The van der Waals surface area contributed by atoms with E-state index in [1.54, 1.807) is 0 Å². The Labute approximate surface area is 103 Å². The van der Waals surface area contributed by atoms with E-state index in [9.17, 15) is 0 Å². The Hall–Kier alpha value is -0.300. The summed E-state index contributed by atoms with van der Waals surface area (Å²) >= 11 is 0. The molecule has 0 saturated heterocycles. The molecule has 0 spiro atoms. The number of allylic oxidation sites excluding steroid dienone is 1. The Morgan fingerprint density at radius 1 is 1.00 bits per heavy atom. The van der Waals surface area contributed by atoms with Crippen molar-refractivity contribution in [3.63, 3.8) is 0 Å². The summed E-state index contributed by atoms with van der Waals surface area (Å²) in [5.41, 5.74) is 0. The summed E-state index contributed by atoms with van der Waals surface area (Å²) in [6.07, 6.45) is 14.1. The zero-order valence-electron chi connectivity index (χ0n) is 11.4. The summed E-state index contributed by atoms with van der Waals surface area (Å²) < 4.78 is 0. The van der Waals surface area contributed by atoms with Crippen LogP contribution in [0.2, 0.25) is 0 Å². The first-order valence-electron chi connectivity index (χ1n) is 7.19. The molecule has 1 unspecified atom stereocenters. The second kappa shape index (κ2) is 12.8. The molecule has 0 aromatic rings. The molecule has 16 heavy (non-hydrogen) atoms. The fraction of sp³-hybridized carbons (Fsp3) is 0.867. The Morgan fingerprint density at radius 3 is 2.31 bits per heavy atom. The molecular weight excluding hydrogens is 194 g/mol. The van der Waals surface area contributed by atoms with Gasteiger partial charge in [-0.2, -0.15) is 0 Å². The van der Waals surface area contributed by atoms with Crippen molar-refractivity contribution in [3.05, 3.63) is 12.7 Å². The maximum atomic E-state index is 3.78. The highest BCUT2D eigenvalue weighted by atomic mass is 14.9. The van der Waals surface area contributed by atoms with Gasteiger partial charge < -0.3 is 5.32 Å². The number of hydrogen-bond acceptors (Lipinski definition) is 1. The predicted octanol–water partition coefficient (Wildman–Crippen LogP) is 4.68. The fourth-order valence-corrected chi connectivity index (χ4v) is 2.14. The van der Waals surface area contributed by atoms with Crippen LogP contribution in [0, 0.1) is 0 Å². The molecule has 0 aliphatic carbocycles. The van der Waals surface area contributed by atoms with Crippen LogP contribution < -0.4 is 5.32 Å². The van der Waals surface area contributed by atoms with Gasteiger partial charge in [0.15, 0.2) is 0 Å². The first-order chi connectivity index (χ1) is 7.85. The van der Waals surface area contributed by atoms with Gasteiger partial charge in [-0.05, 0) is 32.2 Å². The molecule has 0 aliphatic heterocycles. The summed E-state index contributed by atoms with van der Waals surface area (Å²) in [5, 5.41) is 3.60. The zero-order valence-corrected chi connectivity index (χ0v) is 11.4. The molecule has 0 heterocycles. The molecule has 0 amide bonds. The van der Waals surface area contributed by atoms with Gasteiger partial charge >= 0.3 is 0 Å². The predicted molar refractivity (Wildman–Crippen MR) is 74.9 cm³/mol. The van der Waals surface area contributed by atoms with E-state index >= 15 is 0 Å². The molecule has 0 aromatic carbocycles. The molecule has 0 fully saturated rings. The third kappa shape index (κ3) is 10.2. The van der Waals surface area contributed by atoms with Crippen molar-refractivity contribution in [3.8, 4) is 0 Å². The van der Waals surface area contributed by atoms with Crippen molar-refractivity contribution in [2.75, 3.05) is 6.54 Å². The molecule has 0 rings (SSSR count). The summed E-state index contributed by atoms with van der Waals surface area (Å²) in [6, 6.07) is 0.742. The van der Waals surface area contributed by atoms with E-state index in [-0.39, 0.29) is 0 Å². The molecule has 0 bridgehead atoms. The molecule has 1 N–H and O–H groups in total. The van der Waals surface area contributed by atoms with Crippen LogP contribution >= 0.6 is 0 Å². The molecule has 0 radical (unpaired) electrons. The van der Waals surface area contributed by atoms with Crippen LogP contribution in [0.25, 0.3) is 0 Å². The third-order valence-corrected chi connectivity index (χ3v) is 3.11. The van der Waals surface area contributed by atoms with Gasteiger partial charge in [0.25, 0.3) is 0 Å². The average molecular weight is 225 g/mol. The molecule has 96 valence electrons. The summed E-state index contributed by atoms with van der Waals surface area (Å²) in [7, 11) is 0. The summed E-state index contributed by atoms with van der Waals surface area (Å²) in [4.78, 5) is 0. The van der Waals surface area contributed by atoms with Crippen LogP contribution in [0.5, 0.6) is 0 Å². The molecule has 1 atom stereocenters. The second-order valence-electron chi connectivity index (χ2n) is 4.68. The molecule has 0 aromatic heterocycles. The van der Waals surface area contributed by atoms with Crippen LogP contribution in [0.4, 0.5) is 0 Å². The minimum absolute atomic E-state index is 0.742. The molecule has 1 heteroatoms. The largest absolute Gasteiger partial charge is 0.314 e. The van der Waals surface area contributed by atoms with E-state index in [0.717, 1.165) is 19.0 Å². The number of rotatable bonds is 12. The maximum Gasteiger partial charge on any atom is 0.00670 e. The van der Waals surface area contributed by atoms with Gasteiger partial charge in [-0.15, -0.1) is 6.58 Å². The Bertz CT molecular complexity index is 142. The van der Waals surface area contributed by atoms with Gasteiger partial charge in [-0.1, -0.05) is 52.0 Å². The SMILES string of the molecule is C=CCCCC(CCCCCCC)NCC. The highest BCUT2D eigenvalue weighted by Crippen LogP contribution is 2.11. The lowest BCUT2D eigenvalue weighted by atomic mass is 10.0. The first kappa shape index (κ1) is 15.7. The maximum absolute atomic E-state index is 3.78. The van der Waals surface area contributed by atoms with Gasteiger partial charge in [0.1, 0.15) is 0 Å². The van der Waals surface area contributed by atoms with Gasteiger partial charge in [0, 0.05) is 6.04 Å². The highest BCUT2D eigenvalue weighted by molar-refractivity contribution is 4.71. The van der Waals surface area contributed by atoms with Gasteiger partial charge in [0.2, 0.25) is 0 Å². The van der Waals surface area contributed by atoms with Crippen molar-refractivity contribution >= 4 is 0 Å². The van der Waals surface area contributed by atoms with Crippen LogP contribution in [-0.4, -0.2) is 12.6 Å². The molecular formula is C15H31N. The van der Waals surface area contributed by atoms with Crippen molar-refractivity contribution in [2.24, 2.45) is 0 Å². The van der Waals surface area contributed by atoms with Gasteiger partial charge in [-0.3, -0.25) is 0 Å². The fourth-order valence-electron chi connectivity index (χ4n) is 2.14. The van der Waals surface area contributed by atoms with Crippen molar-refractivity contribution in [2.45, 2.75) is 77.7 Å². The van der Waals surface area contributed by atoms with Crippen molar-refractivity contribution in [1.82, 2.24) is 5.32 Å². The molecule has 1 nitrogen and oxygen atoms in total. The third-order valence-electron chi connectivity index (χ3n) is 3.11. The quantitative estimate of drug-likeness (QED) is 0.375. The Balaban J connectivity index is 3.46. The van der Waals surface area contributed by atoms with Crippen molar-refractivity contribution in [1.29, 1.82) is 0 Å². The highest BCUT2D eigenvalue weighted by Gasteiger charge is 2.05. The first-order valence-corrected chi connectivity index (χ1v) is 7.19. The molecule has 0 aliphatic rings. The molecule has 0 saturated carbocycles. The monoisotopic (exact) mass is 225 g/mol. The zero-order chi connectivity index (χ0) is 12.1. The lowest BCUT2D eigenvalue weighted by Crippen LogP contribution is -2.28. The lowest BCUT2D eigenvalue weighted by molar-refractivity contribution is 0.431. The van der Waals surface area contributed by atoms with Crippen molar-refractivity contribution < 1.29 is 0 Å². The lowest BCUT2D eigenvalue weighted by Gasteiger charge is -2.17. The minimum Gasteiger partial charge on any atom is -0.314 e. The summed E-state index contributed by atoms with van der Waals surface area (Å²) in [5.74, 6) is 0. The minimum atomic E-state index is 0.742. The average Bonchev–Trinajstić information content (AvgIpc) is 2.29. The number of hydrogen-bond donors (Lipinski definition) is 1. The van der Waals surface area contributed by atoms with Crippen LogP contribution in [0.3, 0.4) is 0 Å². The summed E-state index contributed by atoms with van der Waals surface area (Å²) in [6.45, 7) is 9.36. The van der Waals surface area contributed by atoms with Crippen LogP contribution in [0.1, 0.15) is 71.6 Å². The van der Waals surface area contributed by atoms with E-state index in [2.05, 4.69) is 25.7 Å². The standard InChI is InChI=1S/C15H31N/c1-4-7-9-10-12-14-15(16-6-3)13-11-8-5-2/h5,15-16H,2,4,6-14H2,1,3H3. The number of unbranched alkanes of at least 4 members (excludes halogenated alkanes) is 5. The second-order valence-corrected chi connectivity index (χ2v) is 4.68.